The van der Waals surface area contributed by atoms with Crippen LogP contribution in [0.5, 0.6) is 0 Å². The van der Waals surface area contributed by atoms with Crippen LogP contribution in [0.1, 0.15) is 0 Å². The molecule has 0 amide bonds. The van der Waals surface area contributed by atoms with Crippen molar-refractivity contribution < 1.29 is 9.90 Å². The number of carboxylic acids is 1. The Kier molecular flexibility index (Phi) is 53.6. The molecule has 0 spiro atoms. The van der Waals surface area contributed by atoms with Crippen LogP contribution >= 0.6 is 0 Å². The van der Waals surface area contributed by atoms with Gasteiger partial charge in [0, 0.05) is 39.3 Å². The molecule has 0 rings (SSSR count). The molecule has 17 heavy (non-hydrogen) atoms. The van der Waals surface area contributed by atoms with E-state index >= 15 is 0 Å². The van der Waals surface area contributed by atoms with Crippen LogP contribution in [0.2, 0.25) is 0 Å². The molecule has 108 valence electrons. The van der Waals surface area contributed by atoms with Crippen LogP contribution < -0.4 is 40.1 Å². The van der Waals surface area contributed by atoms with E-state index in [2.05, 4.69) is 5.73 Å². The summed E-state index contributed by atoms with van der Waals surface area (Å²) >= 11 is 0. The zero-order chi connectivity index (χ0) is 14.5. The largest absolute Gasteiger partial charge is 0.480 e. The Morgan fingerprint density at radius 3 is 0.765 bits per heavy atom. The highest BCUT2D eigenvalue weighted by Gasteiger charge is 1.81. The molecular formula is C8H29N7O2. The van der Waals surface area contributed by atoms with Gasteiger partial charge in [0.2, 0.25) is 0 Å². The lowest BCUT2D eigenvalue weighted by Crippen LogP contribution is -2.11. The van der Waals surface area contributed by atoms with E-state index in [-0.39, 0.29) is 6.54 Å². The zero-order valence-corrected chi connectivity index (χ0v) is 10.3. The summed E-state index contributed by atoms with van der Waals surface area (Å²) in [5.41, 5.74) is 34.0. The Morgan fingerprint density at radius 2 is 0.765 bits per heavy atom. The maximum absolute atomic E-state index is 9.24. The third-order valence-corrected chi connectivity index (χ3v) is 0.675. The summed E-state index contributed by atoms with van der Waals surface area (Å²) in [6, 6.07) is 0. The second-order valence-corrected chi connectivity index (χ2v) is 2.33. The van der Waals surface area contributed by atoms with Crippen LogP contribution in [0.25, 0.3) is 0 Å². The topological polar surface area (TPSA) is 219 Å². The summed E-state index contributed by atoms with van der Waals surface area (Å²) < 4.78 is 0. The van der Waals surface area contributed by atoms with Crippen LogP contribution in [0, 0.1) is 0 Å². The van der Waals surface area contributed by atoms with Crippen LogP contribution in [0.3, 0.4) is 0 Å². The van der Waals surface area contributed by atoms with Gasteiger partial charge < -0.3 is 45.2 Å². The molecule has 0 aliphatic rings. The molecule has 0 heterocycles. The summed E-state index contributed by atoms with van der Waals surface area (Å²) in [5, 5.41) is 7.60. The summed E-state index contributed by atoms with van der Waals surface area (Å²) in [4.78, 5) is 9.24. The fraction of sp³-hybridized carbons (Fsp3) is 0.875. The van der Waals surface area contributed by atoms with E-state index in [9.17, 15) is 4.79 Å². The highest BCUT2D eigenvalue weighted by molar-refractivity contribution is 5.68. The number of carbonyl (C=O) groups is 1. The number of rotatable bonds is 4. The number of aliphatic carboxylic acids is 1. The van der Waals surface area contributed by atoms with Crippen molar-refractivity contribution in [1.82, 2.24) is 0 Å². The zero-order valence-electron chi connectivity index (χ0n) is 10.3. The fourth-order valence-electron chi connectivity index (χ4n) is 0. The molecular weight excluding hydrogens is 226 g/mol. The number of nitrogens with two attached hydrogens (primary N) is 7. The van der Waals surface area contributed by atoms with Crippen molar-refractivity contribution in [3.05, 3.63) is 0 Å². The first kappa shape index (κ1) is 25.1. The van der Waals surface area contributed by atoms with Crippen LogP contribution in [-0.2, 0) is 4.79 Å². The first-order valence-electron chi connectivity index (χ1n) is 5.14. The van der Waals surface area contributed by atoms with E-state index in [4.69, 9.17) is 39.5 Å². The minimum Gasteiger partial charge on any atom is -0.480 e. The highest BCUT2D eigenvalue weighted by atomic mass is 16.4. The first-order valence-corrected chi connectivity index (χ1v) is 5.14. The van der Waals surface area contributed by atoms with Crippen molar-refractivity contribution >= 4 is 5.97 Å². The van der Waals surface area contributed by atoms with Gasteiger partial charge in [0.15, 0.2) is 0 Å². The van der Waals surface area contributed by atoms with Gasteiger partial charge >= 0.3 is 5.97 Å². The van der Waals surface area contributed by atoms with E-state index < -0.39 is 5.97 Å². The number of hydrogen-bond donors (Lipinski definition) is 8. The van der Waals surface area contributed by atoms with Crippen LogP contribution in [0.15, 0.2) is 0 Å². The molecule has 0 fully saturated rings. The second-order valence-electron chi connectivity index (χ2n) is 2.33. The molecule has 0 saturated heterocycles. The van der Waals surface area contributed by atoms with Gasteiger partial charge in [-0.25, -0.2) is 0 Å². The molecule has 0 radical (unpaired) electrons. The number of carboxylic acid groups (broad SMARTS) is 1. The molecule has 0 unspecified atom stereocenters. The summed E-state index contributed by atoms with van der Waals surface area (Å²) in [7, 11) is 0. The molecule has 0 atom stereocenters. The van der Waals surface area contributed by atoms with E-state index in [0.29, 0.717) is 39.3 Å². The third-order valence-electron chi connectivity index (χ3n) is 0.675. The van der Waals surface area contributed by atoms with Crippen molar-refractivity contribution in [3.63, 3.8) is 0 Å². The number of hydrogen-bond acceptors (Lipinski definition) is 8. The monoisotopic (exact) mass is 255 g/mol. The Bertz CT molecular complexity index is 101. The molecule has 0 aromatic carbocycles. The molecule has 0 aromatic heterocycles. The molecule has 0 saturated carbocycles. The predicted molar refractivity (Wildman–Crippen MR) is 71.0 cm³/mol. The maximum Gasteiger partial charge on any atom is 0.317 e. The van der Waals surface area contributed by atoms with Crippen LogP contribution in [0.4, 0.5) is 0 Å². The molecule has 9 heteroatoms. The normalized spacial score (nSPS) is 7.47. The van der Waals surface area contributed by atoms with Crippen molar-refractivity contribution in [2.45, 2.75) is 0 Å². The molecule has 0 aromatic rings. The van der Waals surface area contributed by atoms with E-state index in [1.165, 1.54) is 0 Å². The lowest BCUT2D eigenvalue weighted by molar-refractivity contribution is -0.135. The van der Waals surface area contributed by atoms with Gasteiger partial charge in [-0.1, -0.05) is 0 Å². The van der Waals surface area contributed by atoms with Gasteiger partial charge in [-0.05, 0) is 0 Å². The minimum absolute atomic E-state index is 0.278. The molecule has 9 nitrogen and oxygen atoms in total. The van der Waals surface area contributed by atoms with Crippen molar-refractivity contribution in [1.29, 1.82) is 0 Å². The van der Waals surface area contributed by atoms with E-state index in [1.807, 2.05) is 0 Å². The highest BCUT2D eigenvalue weighted by Crippen LogP contribution is 1.43. The predicted octanol–water partition coefficient (Wildman–Crippen LogP) is -4.26. The smallest absolute Gasteiger partial charge is 0.317 e. The molecule has 15 N–H and O–H groups in total. The van der Waals surface area contributed by atoms with Gasteiger partial charge in [-0.15, -0.1) is 0 Å². The lowest BCUT2D eigenvalue weighted by atomic mass is 10.7. The minimum atomic E-state index is -0.968. The standard InChI is InChI=1S/3C2H8N2.C2H5NO2/c3*3-1-2-4;3-1-2(4)5/h3*1-4H2;1,3H2,(H,4,5). The first-order chi connectivity index (χ1) is 8.01. The quantitative estimate of drug-likeness (QED) is 0.243. The Balaban J connectivity index is -0.0000000667. The van der Waals surface area contributed by atoms with Crippen molar-refractivity contribution in [3.8, 4) is 0 Å². The summed E-state index contributed by atoms with van der Waals surface area (Å²) in [6.07, 6.45) is 0. The second kappa shape index (κ2) is 36.2. The summed E-state index contributed by atoms with van der Waals surface area (Å²) in [5.74, 6) is -0.968. The lowest BCUT2D eigenvalue weighted by Gasteiger charge is -1.73. The van der Waals surface area contributed by atoms with Gasteiger partial charge in [-0.2, -0.15) is 0 Å². The average molecular weight is 255 g/mol. The molecule has 0 bridgehead atoms. The maximum atomic E-state index is 9.24. The van der Waals surface area contributed by atoms with Gasteiger partial charge in [0.05, 0.1) is 6.54 Å². The fourth-order valence-corrected chi connectivity index (χ4v) is 0. The van der Waals surface area contributed by atoms with E-state index in [0.717, 1.165) is 0 Å². The average Bonchev–Trinajstić information content (AvgIpc) is 2.39. The Labute approximate surface area is 103 Å². The van der Waals surface area contributed by atoms with Crippen LogP contribution in [-0.4, -0.2) is 56.9 Å². The van der Waals surface area contributed by atoms with Crippen molar-refractivity contribution in [2.24, 2.45) is 40.1 Å². The Morgan fingerprint density at radius 1 is 0.647 bits per heavy atom. The third kappa shape index (κ3) is 151. The van der Waals surface area contributed by atoms with Gasteiger partial charge in [0.25, 0.3) is 0 Å². The van der Waals surface area contributed by atoms with Gasteiger partial charge in [0.1, 0.15) is 0 Å². The van der Waals surface area contributed by atoms with Crippen molar-refractivity contribution in [2.75, 3.05) is 45.8 Å². The summed E-state index contributed by atoms with van der Waals surface area (Å²) in [6.45, 7) is 3.31. The molecule has 0 aliphatic heterocycles. The van der Waals surface area contributed by atoms with E-state index in [1.54, 1.807) is 0 Å². The SMILES string of the molecule is NCC(=O)O.NCCN.NCCN.NCCN. The molecule has 0 aliphatic carbocycles. The van der Waals surface area contributed by atoms with Gasteiger partial charge in [-0.3, -0.25) is 4.79 Å². The Hall–Kier alpha value is -0.810.